The molecule has 0 aliphatic heterocycles. The van der Waals surface area contributed by atoms with Gasteiger partial charge in [-0.25, -0.2) is 13.6 Å². The average molecular weight is 272 g/mol. The molecule has 1 rings (SSSR count). The third kappa shape index (κ3) is 3.52. The maximum Gasteiger partial charge on any atom is 0.253 e. The Labute approximate surface area is 106 Å². The van der Waals surface area contributed by atoms with Crippen LogP contribution in [0.3, 0.4) is 0 Å². The number of primary sulfonamides is 1. The van der Waals surface area contributed by atoms with E-state index in [1.807, 2.05) is 0 Å². The zero-order valence-electron chi connectivity index (χ0n) is 10.4. The Morgan fingerprint density at radius 1 is 1.44 bits per heavy atom. The number of nitrogens with one attached hydrogen (secondary N) is 1. The van der Waals surface area contributed by atoms with Crippen molar-refractivity contribution in [3.8, 4) is 0 Å². The molecule has 1 aromatic carbocycles. The van der Waals surface area contributed by atoms with Crippen LogP contribution in [0.4, 0.5) is 5.69 Å². The summed E-state index contributed by atoms with van der Waals surface area (Å²) in [7, 11) is -2.39. The molecule has 0 aliphatic rings. The highest BCUT2D eigenvalue weighted by Crippen LogP contribution is 2.19. The fraction of sp³-hybridized carbons (Fsp3) is 0.364. The molecule has 6 nitrogen and oxygen atoms in total. The van der Waals surface area contributed by atoms with Crippen LogP contribution in [0.15, 0.2) is 23.1 Å². The summed E-state index contributed by atoms with van der Waals surface area (Å²) < 4.78 is 27.5. The SMILES string of the molecule is COC(C)C(=O)Nc1ccc(C)c(S(N)(=O)=O)c1. The Hall–Kier alpha value is -1.44. The number of ether oxygens (including phenoxy) is 1. The summed E-state index contributed by atoms with van der Waals surface area (Å²) in [5.74, 6) is -0.360. The van der Waals surface area contributed by atoms with Gasteiger partial charge in [-0.15, -0.1) is 0 Å². The van der Waals surface area contributed by atoms with Gasteiger partial charge in [0, 0.05) is 12.8 Å². The van der Waals surface area contributed by atoms with Crippen LogP contribution in [-0.4, -0.2) is 27.5 Å². The topological polar surface area (TPSA) is 98.5 Å². The molecule has 0 aromatic heterocycles. The maximum atomic E-state index is 11.6. The van der Waals surface area contributed by atoms with Crippen molar-refractivity contribution in [3.63, 3.8) is 0 Å². The zero-order valence-corrected chi connectivity index (χ0v) is 11.2. The molecule has 1 amide bonds. The van der Waals surface area contributed by atoms with Crippen LogP contribution in [0, 0.1) is 6.92 Å². The first kappa shape index (κ1) is 14.6. The minimum absolute atomic E-state index is 0.00892. The summed E-state index contributed by atoms with van der Waals surface area (Å²) in [5, 5.41) is 7.63. The minimum Gasteiger partial charge on any atom is -0.372 e. The third-order valence-corrected chi connectivity index (χ3v) is 3.54. The number of methoxy groups -OCH3 is 1. The van der Waals surface area contributed by atoms with Gasteiger partial charge in [0.1, 0.15) is 6.10 Å². The number of carbonyl (C=O) groups excluding carboxylic acids is 1. The second-order valence-electron chi connectivity index (χ2n) is 3.89. The fourth-order valence-corrected chi connectivity index (χ4v) is 2.14. The number of aryl methyl sites for hydroxylation is 1. The van der Waals surface area contributed by atoms with E-state index in [-0.39, 0.29) is 10.8 Å². The molecule has 0 radical (unpaired) electrons. The molecule has 0 saturated carbocycles. The van der Waals surface area contributed by atoms with Crippen molar-refractivity contribution in [2.24, 2.45) is 5.14 Å². The van der Waals surface area contributed by atoms with Crippen LogP contribution in [0.25, 0.3) is 0 Å². The molecule has 0 bridgehead atoms. The molecule has 7 heteroatoms. The van der Waals surface area contributed by atoms with Crippen LogP contribution < -0.4 is 10.5 Å². The maximum absolute atomic E-state index is 11.6. The number of nitrogens with two attached hydrogens (primary N) is 1. The van der Waals surface area contributed by atoms with Crippen molar-refractivity contribution in [3.05, 3.63) is 23.8 Å². The Morgan fingerprint density at radius 2 is 2.06 bits per heavy atom. The number of sulfonamides is 1. The number of hydrogen-bond donors (Lipinski definition) is 2. The van der Waals surface area contributed by atoms with Crippen LogP contribution in [0.1, 0.15) is 12.5 Å². The smallest absolute Gasteiger partial charge is 0.253 e. The summed E-state index contributed by atoms with van der Waals surface area (Å²) in [6.07, 6.45) is -0.621. The second kappa shape index (κ2) is 5.47. The van der Waals surface area contributed by atoms with E-state index < -0.39 is 16.1 Å². The minimum atomic E-state index is -3.80. The number of amides is 1. The van der Waals surface area contributed by atoms with E-state index in [0.29, 0.717) is 11.3 Å². The van der Waals surface area contributed by atoms with Crippen molar-refractivity contribution in [1.29, 1.82) is 0 Å². The van der Waals surface area contributed by atoms with Crippen molar-refractivity contribution in [1.82, 2.24) is 0 Å². The first-order valence-electron chi connectivity index (χ1n) is 5.23. The lowest BCUT2D eigenvalue weighted by Crippen LogP contribution is -2.26. The van der Waals surface area contributed by atoms with E-state index in [1.165, 1.54) is 13.2 Å². The van der Waals surface area contributed by atoms with Gasteiger partial charge >= 0.3 is 0 Å². The average Bonchev–Trinajstić information content (AvgIpc) is 2.29. The Kier molecular flexibility index (Phi) is 4.44. The van der Waals surface area contributed by atoms with Crippen molar-refractivity contribution in [2.45, 2.75) is 24.8 Å². The van der Waals surface area contributed by atoms with Gasteiger partial charge in [-0.2, -0.15) is 0 Å². The van der Waals surface area contributed by atoms with Gasteiger partial charge in [-0.1, -0.05) is 6.07 Å². The van der Waals surface area contributed by atoms with E-state index in [9.17, 15) is 13.2 Å². The second-order valence-corrected chi connectivity index (χ2v) is 5.42. The summed E-state index contributed by atoms with van der Waals surface area (Å²) in [6.45, 7) is 3.22. The predicted molar refractivity (Wildman–Crippen MR) is 67.7 cm³/mol. The van der Waals surface area contributed by atoms with E-state index in [4.69, 9.17) is 9.88 Å². The van der Waals surface area contributed by atoms with Gasteiger partial charge in [-0.05, 0) is 31.5 Å². The number of anilines is 1. The van der Waals surface area contributed by atoms with E-state index in [1.54, 1.807) is 26.0 Å². The van der Waals surface area contributed by atoms with E-state index >= 15 is 0 Å². The van der Waals surface area contributed by atoms with Crippen molar-refractivity contribution < 1.29 is 17.9 Å². The van der Waals surface area contributed by atoms with E-state index in [0.717, 1.165) is 0 Å². The van der Waals surface area contributed by atoms with Crippen molar-refractivity contribution in [2.75, 3.05) is 12.4 Å². The van der Waals surface area contributed by atoms with Crippen LogP contribution >= 0.6 is 0 Å². The van der Waals surface area contributed by atoms with Crippen molar-refractivity contribution >= 4 is 21.6 Å². The number of rotatable bonds is 4. The van der Waals surface area contributed by atoms with Gasteiger partial charge in [0.05, 0.1) is 4.90 Å². The number of benzene rings is 1. The largest absolute Gasteiger partial charge is 0.372 e. The summed E-state index contributed by atoms with van der Waals surface area (Å²) in [5.41, 5.74) is 0.883. The molecule has 0 spiro atoms. The lowest BCUT2D eigenvalue weighted by Gasteiger charge is -2.12. The van der Waals surface area contributed by atoms with Gasteiger partial charge in [0.25, 0.3) is 5.91 Å². The number of carbonyl (C=O) groups is 1. The summed E-state index contributed by atoms with van der Waals surface area (Å²) >= 11 is 0. The Morgan fingerprint density at radius 3 is 2.56 bits per heavy atom. The molecule has 1 atom stereocenters. The van der Waals surface area contributed by atoms with Crippen LogP contribution in [0.5, 0.6) is 0 Å². The monoisotopic (exact) mass is 272 g/mol. The van der Waals surface area contributed by atoms with Gasteiger partial charge in [-0.3, -0.25) is 4.79 Å². The van der Waals surface area contributed by atoms with Gasteiger partial charge in [0.2, 0.25) is 10.0 Å². The molecule has 1 unspecified atom stereocenters. The molecule has 0 heterocycles. The Balaban J connectivity index is 3.04. The first-order chi connectivity index (χ1) is 8.25. The van der Waals surface area contributed by atoms with Crippen LogP contribution in [0.2, 0.25) is 0 Å². The predicted octanol–water partition coefficient (Wildman–Crippen LogP) is 0.616. The molecule has 0 aliphatic carbocycles. The molecular weight excluding hydrogens is 256 g/mol. The first-order valence-corrected chi connectivity index (χ1v) is 6.77. The quantitative estimate of drug-likeness (QED) is 0.839. The highest BCUT2D eigenvalue weighted by Gasteiger charge is 2.15. The van der Waals surface area contributed by atoms with Gasteiger partial charge in [0.15, 0.2) is 0 Å². The fourth-order valence-electron chi connectivity index (χ4n) is 1.34. The van der Waals surface area contributed by atoms with Gasteiger partial charge < -0.3 is 10.1 Å². The molecule has 1 aromatic rings. The molecule has 0 fully saturated rings. The summed E-state index contributed by atoms with van der Waals surface area (Å²) in [4.78, 5) is 11.6. The molecular formula is C11H16N2O4S. The highest BCUT2D eigenvalue weighted by molar-refractivity contribution is 7.89. The lowest BCUT2D eigenvalue weighted by molar-refractivity contribution is -0.124. The third-order valence-electron chi connectivity index (χ3n) is 2.48. The summed E-state index contributed by atoms with van der Waals surface area (Å²) in [6, 6.07) is 4.50. The highest BCUT2D eigenvalue weighted by atomic mass is 32.2. The molecule has 0 saturated heterocycles. The lowest BCUT2D eigenvalue weighted by atomic mass is 10.2. The number of hydrogen-bond acceptors (Lipinski definition) is 4. The zero-order chi connectivity index (χ0) is 13.9. The molecule has 3 N–H and O–H groups in total. The molecule has 18 heavy (non-hydrogen) atoms. The van der Waals surface area contributed by atoms with Crippen LogP contribution in [-0.2, 0) is 19.6 Å². The standard InChI is InChI=1S/C11H16N2O4S/c1-7-4-5-9(6-10(7)18(12,15)16)13-11(14)8(2)17-3/h4-6,8H,1-3H3,(H,13,14)(H2,12,15,16). The normalized spacial score (nSPS) is 13.1. The van der Waals surface area contributed by atoms with E-state index in [2.05, 4.69) is 5.32 Å². The molecule has 100 valence electrons. The Bertz CT molecular complexity index is 554.